The minimum Gasteiger partial charge on any atom is -0.355 e. The topological polar surface area (TPSA) is 39.7 Å². The average molecular weight is 340 g/mol. The largest absolute Gasteiger partial charge is 0.355 e. The van der Waals surface area contributed by atoms with Crippen LogP contribution in [-0.2, 0) is 0 Å². The Balaban J connectivity index is 0.00000225. The third-order valence-electron chi connectivity index (χ3n) is 2.76. The van der Waals surface area contributed by atoms with Gasteiger partial charge in [0.15, 0.2) is 5.96 Å². The Hall–Kier alpha value is -0.0400. The Morgan fingerprint density at radius 3 is 2.38 bits per heavy atom. The summed E-state index contributed by atoms with van der Waals surface area (Å²) in [6, 6.07) is 0.671. The minimum atomic E-state index is 0. The van der Waals surface area contributed by atoms with Crippen molar-refractivity contribution in [2.45, 2.75) is 32.7 Å². The van der Waals surface area contributed by atoms with Gasteiger partial charge in [-0.3, -0.25) is 4.99 Å². The van der Waals surface area contributed by atoms with Gasteiger partial charge in [0.1, 0.15) is 0 Å². The van der Waals surface area contributed by atoms with Gasteiger partial charge >= 0.3 is 0 Å². The molecule has 16 heavy (non-hydrogen) atoms. The molecule has 4 nitrogen and oxygen atoms in total. The second-order valence-electron chi connectivity index (χ2n) is 3.94. The maximum atomic E-state index is 4.19. The lowest BCUT2D eigenvalue weighted by molar-refractivity contribution is 0.308. The van der Waals surface area contributed by atoms with E-state index in [0.29, 0.717) is 6.04 Å². The molecular formula is C11H25IN4. The Labute approximate surface area is 116 Å². The second-order valence-corrected chi connectivity index (χ2v) is 3.94. The van der Waals surface area contributed by atoms with Gasteiger partial charge in [-0.25, -0.2) is 0 Å². The average Bonchev–Trinajstić information content (AvgIpc) is 3.06. The van der Waals surface area contributed by atoms with Crippen LogP contribution in [0, 0.1) is 0 Å². The highest BCUT2D eigenvalue weighted by molar-refractivity contribution is 14.0. The smallest absolute Gasteiger partial charge is 0.191 e. The van der Waals surface area contributed by atoms with Crippen LogP contribution < -0.4 is 10.6 Å². The van der Waals surface area contributed by atoms with Gasteiger partial charge in [-0.1, -0.05) is 13.8 Å². The Bertz CT molecular complexity index is 200. The van der Waals surface area contributed by atoms with Crippen molar-refractivity contribution in [3.63, 3.8) is 0 Å². The molecule has 0 aromatic heterocycles. The van der Waals surface area contributed by atoms with Crippen LogP contribution in [-0.4, -0.2) is 50.1 Å². The number of guanidine groups is 1. The van der Waals surface area contributed by atoms with E-state index in [4.69, 9.17) is 0 Å². The van der Waals surface area contributed by atoms with Gasteiger partial charge in [0.2, 0.25) is 0 Å². The summed E-state index contributed by atoms with van der Waals surface area (Å²) >= 11 is 0. The van der Waals surface area contributed by atoms with Crippen LogP contribution in [0.15, 0.2) is 4.99 Å². The lowest BCUT2D eigenvalue weighted by Crippen LogP contribution is -2.42. The van der Waals surface area contributed by atoms with Gasteiger partial charge in [-0.05, 0) is 25.9 Å². The first-order chi connectivity index (χ1) is 7.30. The molecule has 0 saturated heterocycles. The first kappa shape index (κ1) is 16.0. The van der Waals surface area contributed by atoms with Gasteiger partial charge in [-0.15, -0.1) is 24.0 Å². The van der Waals surface area contributed by atoms with Crippen LogP contribution in [0.2, 0.25) is 0 Å². The fourth-order valence-corrected chi connectivity index (χ4v) is 1.49. The number of hydrogen-bond acceptors (Lipinski definition) is 2. The summed E-state index contributed by atoms with van der Waals surface area (Å²) in [5.41, 5.74) is 0. The highest BCUT2D eigenvalue weighted by Crippen LogP contribution is 2.18. The number of nitrogens with zero attached hydrogens (tertiary/aromatic N) is 2. The maximum absolute atomic E-state index is 4.19. The van der Waals surface area contributed by atoms with E-state index in [0.717, 1.165) is 32.1 Å². The molecule has 1 rings (SSSR count). The van der Waals surface area contributed by atoms with Crippen molar-refractivity contribution >= 4 is 29.9 Å². The van der Waals surface area contributed by atoms with E-state index in [1.807, 2.05) is 7.05 Å². The molecule has 0 aliphatic heterocycles. The van der Waals surface area contributed by atoms with Gasteiger partial charge in [0, 0.05) is 26.2 Å². The van der Waals surface area contributed by atoms with E-state index < -0.39 is 0 Å². The zero-order valence-corrected chi connectivity index (χ0v) is 13.0. The third-order valence-corrected chi connectivity index (χ3v) is 2.76. The van der Waals surface area contributed by atoms with Crippen molar-refractivity contribution in [1.82, 2.24) is 15.5 Å². The standard InChI is InChI=1S/C11H24N4.HI/c1-4-15(5-2)9-8-13-11(12-3)14-10-6-7-10;/h10H,4-9H2,1-3H3,(H2,12,13,14);1H. The van der Waals surface area contributed by atoms with Gasteiger partial charge in [0.05, 0.1) is 0 Å². The Morgan fingerprint density at radius 2 is 1.94 bits per heavy atom. The molecule has 0 aromatic rings. The molecule has 0 spiro atoms. The van der Waals surface area contributed by atoms with Crippen molar-refractivity contribution in [3.8, 4) is 0 Å². The van der Waals surface area contributed by atoms with Gasteiger partial charge in [0.25, 0.3) is 0 Å². The molecule has 1 fully saturated rings. The number of rotatable bonds is 6. The van der Waals surface area contributed by atoms with E-state index in [9.17, 15) is 0 Å². The zero-order chi connectivity index (χ0) is 11.1. The van der Waals surface area contributed by atoms with Crippen LogP contribution >= 0.6 is 24.0 Å². The first-order valence-electron chi connectivity index (χ1n) is 5.99. The molecule has 2 N–H and O–H groups in total. The van der Waals surface area contributed by atoms with E-state index in [-0.39, 0.29) is 24.0 Å². The lowest BCUT2D eigenvalue weighted by atomic mass is 10.4. The predicted octanol–water partition coefficient (Wildman–Crippen LogP) is 1.27. The fourth-order valence-electron chi connectivity index (χ4n) is 1.49. The van der Waals surface area contributed by atoms with Crippen LogP contribution in [0.3, 0.4) is 0 Å². The highest BCUT2D eigenvalue weighted by atomic mass is 127. The molecule has 1 aliphatic rings. The molecule has 1 saturated carbocycles. The van der Waals surface area contributed by atoms with Crippen LogP contribution in [0.25, 0.3) is 0 Å². The lowest BCUT2D eigenvalue weighted by Gasteiger charge is -2.19. The zero-order valence-electron chi connectivity index (χ0n) is 10.6. The molecule has 1 aliphatic carbocycles. The highest BCUT2D eigenvalue weighted by Gasteiger charge is 2.21. The summed E-state index contributed by atoms with van der Waals surface area (Å²) in [7, 11) is 1.83. The van der Waals surface area contributed by atoms with Crippen molar-refractivity contribution in [2.24, 2.45) is 4.99 Å². The van der Waals surface area contributed by atoms with Crippen molar-refractivity contribution in [1.29, 1.82) is 0 Å². The number of halogens is 1. The predicted molar refractivity (Wildman–Crippen MR) is 80.7 cm³/mol. The van der Waals surface area contributed by atoms with Gasteiger partial charge in [-0.2, -0.15) is 0 Å². The summed E-state index contributed by atoms with van der Waals surface area (Å²) in [6.45, 7) is 8.67. The Morgan fingerprint density at radius 1 is 1.31 bits per heavy atom. The molecule has 0 unspecified atom stereocenters. The third kappa shape index (κ3) is 6.52. The molecule has 0 bridgehead atoms. The van der Waals surface area contributed by atoms with Crippen LogP contribution in [0.4, 0.5) is 0 Å². The monoisotopic (exact) mass is 340 g/mol. The summed E-state index contributed by atoms with van der Waals surface area (Å²) in [5.74, 6) is 0.949. The minimum absolute atomic E-state index is 0. The van der Waals surface area contributed by atoms with E-state index in [1.54, 1.807) is 0 Å². The van der Waals surface area contributed by atoms with Crippen molar-refractivity contribution < 1.29 is 0 Å². The van der Waals surface area contributed by atoms with Crippen LogP contribution in [0.5, 0.6) is 0 Å². The second kappa shape index (κ2) is 9.04. The molecule has 0 amide bonds. The van der Waals surface area contributed by atoms with Crippen molar-refractivity contribution in [2.75, 3.05) is 33.2 Å². The molecule has 96 valence electrons. The quantitative estimate of drug-likeness (QED) is 0.435. The fraction of sp³-hybridized carbons (Fsp3) is 0.909. The van der Waals surface area contributed by atoms with E-state index in [1.165, 1.54) is 12.8 Å². The summed E-state index contributed by atoms with van der Waals surface area (Å²) in [5, 5.41) is 6.71. The number of aliphatic imine (C=N–C) groups is 1. The Kier molecular flexibility index (Phi) is 9.02. The van der Waals surface area contributed by atoms with Gasteiger partial charge < -0.3 is 15.5 Å². The van der Waals surface area contributed by atoms with Crippen molar-refractivity contribution in [3.05, 3.63) is 0 Å². The summed E-state index contributed by atoms with van der Waals surface area (Å²) < 4.78 is 0. The molecule has 0 heterocycles. The molecule has 0 aromatic carbocycles. The summed E-state index contributed by atoms with van der Waals surface area (Å²) in [4.78, 5) is 6.59. The molecule has 5 heteroatoms. The maximum Gasteiger partial charge on any atom is 0.191 e. The number of nitrogens with one attached hydrogen (secondary N) is 2. The van der Waals surface area contributed by atoms with Crippen LogP contribution in [0.1, 0.15) is 26.7 Å². The molecule has 0 atom stereocenters. The molecular weight excluding hydrogens is 315 g/mol. The SMILES string of the molecule is CCN(CC)CCNC(=NC)NC1CC1.I. The summed E-state index contributed by atoms with van der Waals surface area (Å²) in [6.07, 6.45) is 2.58. The van der Waals surface area contributed by atoms with E-state index >= 15 is 0 Å². The normalized spacial score (nSPS) is 15.9. The van der Waals surface area contributed by atoms with E-state index in [2.05, 4.69) is 34.4 Å². The molecule has 0 radical (unpaired) electrons. The number of likely N-dealkylation sites (N-methyl/N-ethyl adjacent to an activating group) is 1. The first-order valence-corrected chi connectivity index (χ1v) is 5.99. The number of hydrogen-bond donors (Lipinski definition) is 2.